The molecule has 0 saturated heterocycles. The summed E-state index contributed by atoms with van der Waals surface area (Å²) in [6.45, 7) is 0. The standard InChI is InChI=1S/C9H11IN3O6P/c10-5-3-11-9(14)13-8(5)12-6-1-2-7(19-6)18-4-20(15,16)17/h1-3,6-7H,4H2,(H2,15,16,17)(H2,11,12,13,14). The molecule has 2 heterocycles. The smallest absolute Gasteiger partial charge is 0.342 e. The van der Waals surface area contributed by atoms with Crippen molar-refractivity contribution in [1.29, 1.82) is 0 Å². The molecule has 9 nitrogen and oxygen atoms in total. The lowest BCUT2D eigenvalue weighted by molar-refractivity contribution is -0.101. The molecule has 11 heteroatoms. The van der Waals surface area contributed by atoms with E-state index in [2.05, 4.69) is 15.3 Å². The van der Waals surface area contributed by atoms with Crippen LogP contribution in [0.25, 0.3) is 0 Å². The Hall–Kier alpha value is -0.780. The number of aromatic amines is 1. The van der Waals surface area contributed by atoms with Crippen molar-refractivity contribution in [2.75, 3.05) is 11.7 Å². The zero-order chi connectivity index (χ0) is 14.8. The van der Waals surface area contributed by atoms with Crippen molar-refractivity contribution < 1.29 is 23.8 Å². The van der Waals surface area contributed by atoms with Crippen molar-refractivity contribution in [3.8, 4) is 0 Å². The van der Waals surface area contributed by atoms with E-state index in [9.17, 15) is 9.36 Å². The zero-order valence-electron chi connectivity index (χ0n) is 9.89. The van der Waals surface area contributed by atoms with Crippen molar-refractivity contribution in [3.63, 3.8) is 0 Å². The van der Waals surface area contributed by atoms with Gasteiger partial charge in [0.25, 0.3) is 0 Å². The number of hydrogen-bond donors (Lipinski definition) is 4. The Kier molecular flexibility index (Phi) is 4.94. The molecule has 1 aromatic rings. The summed E-state index contributed by atoms with van der Waals surface area (Å²) in [5, 5.41) is 2.89. The molecule has 1 aliphatic heterocycles. The summed E-state index contributed by atoms with van der Waals surface area (Å²) >= 11 is 1.99. The lowest BCUT2D eigenvalue weighted by Gasteiger charge is -2.17. The molecule has 2 atom stereocenters. The number of nitrogens with one attached hydrogen (secondary N) is 2. The SMILES string of the molecule is O=c1ncc(I)c(NC2C=CC(OCP(=O)(O)O)O2)[nH]1. The molecule has 0 saturated carbocycles. The van der Waals surface area contributed by atoms with Crippen LogP contribution in [0.5, 0.6) is 0 Å². The van der Waals surface area contributed by atoms with Crippen LogP contribution < -0.4 is 11.0 Å². The first-order valence-electron chi connectivity index (χ1n) is 5.35. The lowest BCUT2D eigenvalue weighted by Crippen LogP contribution is -2.25. The molecule has 0 bridgehead atoms. The molecule has 0 aliphatic carbocycles. The second-order valence-corrected chi connectivity index (χ2v) is 6.58. The van der Waals surface area contributed by atoms with E-state index >= 15 is 0 Å². The molecule has 4 N–H and O–H groups in total. The molecule has 110 valence electrons. The average Bonchev–Trinajstić information content (AvgIpc) is 2.78. The van der Waals surface area contributed by atoms with Gasteiger partial charge in [-0.15, -0.1) is 0 Å². The minimum Gasteiger partial charge on any atom is -0.342 e. The van der Waals surface area contributed by atoms with Gasteiger partial charge in [-0.2, -0.15) is 0 Å². The minimum atomic E-state index is -4.23. The summed E-state index contributed by atoms with van der Waals surface area (Å²) in [5.74, 6) is 0.441. The molecule has 1 aliphatic rings. The fourth-order valence-corrected chi connectivity index (χ4v) is 2.17. The third-order valence-corrected chi connectivity index (χ3v) is 3.49. The summed E-state index contributed by atoms with van der Waals surface area (Å²) < 4.78 is 21.6. The highest BCUT2D eigenvalue weighted by Crippen LogP contribution is 2.35. The Labute approximate surface area is 126 Å². The van der Waals surface area contributed by atoms with Crippen molar-refractivity contribution in [2.24, 2.45) is 0 Å². The van der Waals surface area contributed by atoms with Crippen LogP contribution in [0.3, 0.4) is 0 Å². The topological polar surface area (TPSA) is 134 Å². The van der Waals surface area contributed by atoms with Crippen LogP contribution in [0.4, 0.5) is 5.82 Å². The summed E-state index contributed by atoms with van der Waals surface area (Å²) in [7, 11) is -4.23. The molecule has 0 spiro atoms. The van der Waals surface area contributed by atoms with Gasteiger partial charge < -0.3 is 24.6 Å². The van der Waals surface area contributed by atoms with Gasteiger partial charge in [0.05, 0.1) is 3.57 Å². The lowest BCUT2D eigenvalue weighted by atomic mass is 10.5. The molecular formula is C9H11IN3O6P. The molecule has 0 amide bonds. The molecule has 0 radical (unpaired) electrons. The van der Waals surface area contributed by atoms with Crippen LogP contribution in [0, 0.1) is 3.57 Å². The Morgan fingerprint density at radius 1 is 1.55 bits per heavy atom. The Morgan fingerprint density at radius 3 is 3.00 bits per heavy atom. The molecule has 0 aromatic carbocycles. The van der Waals surface area contributed by atoms with E-state index in [1.165, 1.54) is 12.3 Å². The molecule has 2 rings (SSSR count). The minimum absolute atomic E-state index is 0.441. The number of aromatic nitrogens is 2. The van der Waals surface area contributed by atoms with Gasteiger partial charge in [0.2, 0.25) is 0 Å². The number of ether oxygens (including phenoxy) is 2. The maximum Gasteiger partial charge on any atom is 0.351 e. The monoisotopic (exact) mass is 415 g/mol. The van der Waals surface area contributed by atoms with Crippen LogP contribution in [0.15, 0.2) is 23.1 Å². The van der Waals surface area contributed by atoms with E-state index < -0.39 is 32.2 Å². The summed E-state index contributed by atoms with van der Waals surface area (Å²) in [6, 6.07) is 0. The van der Waals surface area contributed by atoms with Crippen molar-refractivity contribution in [1.82, 2.24) is 9.97 Å². The largest absolute Gasteiger partial charge is 0.351 e. The van der Waals surface area contributed by atoms with Gasteiger partial charge in [-0.25, -0.2) is 9.78 Å². The summed E-state index contributed by atoms with van der Waals surface area (Å²) in [4.78, 5) is 34.6. The zero-order valence-corrected chi connectivity index (χ0v) is 12.9. The van der Waals surface area contributed by atoms with E-state index in [0.717, 1.165) is 0 Å². The fourth-order valence-electron chi connectivity index (χ4n) is 1.40. The second-order valence-electron chi connectivity index (χ2n) is 3.83. The van der Waals surface area contributed by atoms with Crippen molar-refractivity contribution >= 4 is 36.0 Å². The predicted molar refractivity (Wildman–Crippen MR) is 77.0 cm³/mol. The van der Waals surface area contributed by atoms with Gasteiger partial charge in [0.15, 0.2) is 18.9 Å². The number of nitrogens with zero attached hydrogens (tertiary/aromatic N) is 1. The van der Waals surface area contributed by atoms with E-state index in [4.69, 9.17) is 19.3 Å². The van der Waals surface area contributed by atoms with Crippen LogP contribution in [0.2, 0.25) is 0 Å². The van der Waals surface area contributed by atoms with Crippen molar-refractivity contribution in [3.05, 3.63) is 32.4 Å². The van der Waals surface area contributed by atoms with E-state index in [-0.39, 0.29) is 0 Å². The highest BCUT2D eigenvalue weighted by Gasteiger charge is 2.23. The fraction of sp³-hybridized carbons (Fsp3) is 0.333. The Bertz CT molecular complexity index is 614. The number of H-pyrrole nitrogens is 1. The number of hydrogen-bond acceptors (Lipinski definition) is 6. The van der Waals surface area contributed by atoms with Crippen LogP contribution in [-0.2, 0) is 14.0 Å². The molecule has 2 unspecified atom stereocenters. The van der Waals surface area contributed by atoms with Crippen LogP contribution in [0.1, 0.15) is 0 Å². The van der Waals surface area contributed by atoms with E-state index in [0.29, 0.717) is 9.39 Å². The van der Waals surface area contributed by atoms with Gasteiger partial charge in [-0.1, -0.05) is 0 Å². The first-order chi connectivity index (χ1) is 9.33. The van der Waals surface area contributed by atoms with E-state index in [1.54, 1.807) is 6.08 Å². The predicted octanol–water partition coefficient (Wildman–Crippen LogP) is 0.177. The van der Waals surface area contributed by atoms with Crippen LogP contribution >= 0.6 is 30.2 Å². The Balaban J connectivity index is 1.91. The molecular weight excluding hydrogens is 404 g/mol. The van der Waals surface area contributed by atoms with Crippen LogP contribution in [-0.4, -0.2) is 38.6 Å². The number of anilines is 1. The number of rotatable bonds is 5. The highest BCUT2D eigenvalue weighted by atomic mass is 127. The third kappa shape index (κ3) is 4.65. The second kappa shape index (κ2) is 6.33. The van der Waals surface area contributed by atoms with Gasteiger partial charge in [0, 0.05) is 6.20 Å². The quantitative estimate of drug-likeness (QED) is 0.304. The van der Waals surface area contributed by atoms with Gasteiger partial charge in [-0.3, -0.25) is 9.55 Å². The van der Waals surface area contributed by atoms with Gasteiger partial charge >= 0.3 is 13.3 Å². The van der Waals surface area contributed by atoms with Gasteiger partial charge in [0.1, 0.15) is 5.82 Å². The molecule has 0 fully saturated rings. The third-order valence-electron chi connectivity index (χ3n) is 2.18. The Morgan fingerprint density at radius 2 is 2.30 bits per heavy atom. The summed E-state index contributed by atoms with van der Waals surface area (Å²) in [6.07, 6.45) is 2.37. The molecule has 1 aromatic heterocycles. The normalized spacial score (nSPS) is 22.1. The maximum absolute atomic E-state index is 11.1. The van der Waals surface area contributed by atoms with Crippen molar-refractivity contribution in [2.45, 2.75) is 12.5 Å². The number of halogens is 1. The average molecular weight is 415 g/mol. The first-order valence-corrected chi connectivity index (χ1v) is 8.22. The molecule has 20 heavy (non-hydrogen) atoms. The maximum atomic E-state index is 11.1. The van der Waals surface area contributed by atoms with E-state index in [1.807, 2.05) is 22.6 Å². The highest BCUT2D eigenvalue weighted by molar-refractivity contribution is 14.1. The van der Waals surface area contributed by atoms with Gasteiger partial charge in [-0.05, 0) is 34.7 Å². The summed E-state index contributed by atoms with van der Waals surface area (Å²) in [5.41, 5.74) is -0.496. The first kappa shape index (κ1) is 15.6.